The van der Waals surface area contributed by atoms with Crippen LogP contribution in [0.2, 0.25) is 0 Å². The second kappa shape index (κ2) is 7.05. The van der Waals surface area contributed by atoms with E-state index in [2.05, 4.69) is 19.1 Å². The van der Waals surface area contributed by atoms with Gasteiger partial charge in [-0.2, -0.15) is 0 Å². The molecule has 2 atom stereocenters. The molecule has 0 heterocycles. The number of allylic oxidation sites excluding steroid dienone is 1. The van der Waals surface area contributed by atoms with Crippen LogP contribution in [0, 0.1) is 5.92 Å². The molecule has 0 unspecified atom stereocenters. The van der Waals surface area contributed by atoms with Crippen molar-refractivity contribution in [1.29, 1.82) is 0 Å². The second-order valence-corrected chi connectivity index (χ2v) is 4.44. The third kappa shape index (κ3) is 4.28. The van der Waals surface area contributed by atoms with Gasteiger partial charge in [-0.05, 0) is 25.7 Å². The Morgan fingerprint density at radius 3 is 2.71 bits per heavy atom. The van der Waals surface area contributed by atoms with Gasteiger partial charge in [-0.3, -0.25) is 0 Å². The number of aliphatic hydroxyl groups is 1. The monoisotopic (exact) mass is 196 g/mol. The molecule has 0 aromatic carbocycles. The Morgan fingerprint density at radius 1 is 1.21 bits per heavy atom. The van der Waals surface area contributed by atoms with Crippen molar-refractivity contribution < 1.29 is 5.11 Å². The number of hydrogen-bond acceptors (Lipinski definition) is 1. The van der Waals surface area contributed by atoms with Gasteiger partial charge in [0.2, 0.25) is 0 Å². The average molecular weight is 196 g/mol. The third-order valence-corrected chi connectivity index (χ3v) is 3.14. The third-order valence-electron chi connectivity index (χ3n) is 3.14. The minimum Gasteiger partial charge on any atom is -0.393 e. The molecule has 0 bridgehead atoms. The predicted octanol–water partition coefficient (Wildman–Crippen LogP) is 3.67. The van der Waals surface area contributed by atoms with E-state index in [0.717, 1.165) is 6.42 Å². The maximum absolute atomic E-state index is 9.72. The first kappa shape index (κ1) is 11.8. The standard InChI is InChI=1S/C13H24O/c1-2-3-4-5-6-9-12-10-7-8-11-13(12)14/h6,9,12-14H,2-5,7-8,10-11H2,1H3/b9-6-/t12-,13-/m0/s1. The van der Waals surface area contributed by atoms with E-state index in [1.807, 2.05) is 0 Å². The highest BCUT2D eigenvalue weighted by molar-refractivity contribution is 4.93. The molecule has 1 rings (SSSR count). The Hall–Kier alpha value is -0.300. The Morgan fingerprint density at radius 2 is 2.00 bits per heavy atom. The second-order valence-electron chi connectivity index (χ2n) is 4.44. The van der Waals surface area contributed by atoms with Gasteiger partial charge in [-0.1, -0.05) is 44.8 Å². The average Bonchev–Trinajstić information content (AvgIpc) is 2.20. The minimum atomic E-state index is -0.0637. The van der Waals surface area contributed by atoms with E-state index >= 15 is 0 Å². The number of hydrogen-bond donors (Lipinski definition) is 1. The van der Waals surface area contributed by atoms with E-state index in [-0.39, 0.29) is 6.10 Å². The van der Waals surface area contributed by atoms with E-state index in [4.69, 9.17) is 0 Å². The van der Waals surface area contributed by atoms with Crippen LogP contribution in [-0.4, -0.2) is 11.2 Å². The van der Waals surface area contributed by atoms with Crippen molar-refractivity contribution >= 4 is 0 Å². The van der Waals surface area contributed by atoms with E-state index in [1.165, 1.54) is 44.9 Å². The molecular weight excluding hydrogens is 172 g/mol. The molecule has 1 saturated carbocycles. The molecule has 0 radical (unpaired) electrons. The first-order chi connectivity index (χ1) is 6.84. The van der Waals surface area contributed by atoms with E-state index in [9.17, 15) is 5.11 Å². The first-order valence-electron chi connectivity index (χ1n) is 6.19. The van der Waals surface area contributed by atoms with Crippen molar-refractivity contribution in [2.24, 2.45) is 5.92 Å². The van der Waals surface area contributed by atoms with Gasteiger partial charge in [0.1, 0.15) is 0 Å². The van der Waals surface area contributed by atoms with Crippen molar-refractivity contribution in [3.63, 3.8) is 0 Å². The zero-order valence-electron chi connectivity index (χ0n) is 9.41. The lowest BCUT2D eigenvalue weighted by molar-refractivity contribution is 0.0926. The van der Waals surface area contributed by atoms with Gasteiger partial charge in [0.25, 0.3) is 0 Å². The van der Waals surface area contributed by atoms with E-state index < -0.39 is 0 Å². The van der Waals surface area contributed by atoms with Gasteiger partial charge in [-0.25, -0.2) is 0 Å². The highest BCUT2D eigenvalue weighted by Crippen LogP contribution is 2.25. The van der Waals surface area contributed by atoms with Gasteiger partial charge >= 0.3 is 0 Å². The van der Waals surface area contributed by atoms with Crippen molar-refractivity contribution in [3.05, 3.63) is 12.2 Å². The van der Waals surface area contributed by atoms with Crippen LogP contribution in [-0.2, 0) is 0 Å². The summed E-state index contributed by atoms with van der Waals surface area (Å²) in [5.74, 6) is 0.449. The Labute approximate surface area is 88.2 Å². The van der Waals surface area contributed by atoms with Crippen LogP contribution < -0.4 is 0 Å². The normalized spacial score (nSPS) is 28.4. The van der Waals surface area contributed by atoms with Crippen LogP contribution in [0.25, 0.3) is 0 Å². The molecule has 14 heavy (non-hydrogen) atoms. The molecule has 1 N–H and O–H groups in total. The quantitative estimate of drug-likeness (QED) is 0.525. The fourth-order valence-corrected chi connectivity index (χ4v) is 2.15. The van der Waals surface area contributed by atoms with Gasteiger partial charge in [0.05, 0.1) is 6.10 Å². The van der Waals surface area contributed by atoms with Crippen molar-refractivity contribution in [3.8, 4) is 0 Å². The lowest BCUT2D eigenvalue weighted by Gasteiger charge is -2.24. The molecule has 0 aromatic rings. The van der Waals surface area contributed by atoms with Gasteiger partial charge < -0.3 is 5.11 Å². The largest absolute Gasteiger partial charge is 0.393 e. The molecule has 0 spiro atoms. The first-order valence-corrected chi connectivity index (χ1v) is 6.19. The van der Waals surface area contributed by atoms with Crippen LogP contribution in [0.5, 0.6) is 0 Å². The summed E-state index contributed by atoms with van der Waals surface area (Å²) in [7, 11) is 0. The van der Waals surface area contributed by atoms with Gasteiger partial charge in [0, 0.05) is 5.92 Å². The zero-order valence-corrected chi connectivity index (χ0v) is 9.41. The highest BCUT2D eigenvalue weighted by Gasteiger charge is 2.19. The molecule has 1 aliphatic rings. The molecule has 1 aliphatic carbocycles. The molecule has 1 nitrogen and oxygen atoms in total. The summed E-state index contributed by atoms with van der Waals surface area (Å²) in [5, 5.41) is 9.72. The molecule has 82 valence electrons. The number of unbranched alkanes of at least 4 members (excludes halogenated alkanes) is 3. The van der Waals surface area contributed by atoms with Crippen LogP contribution in [0.4, 0.5) is 0 Å². The summed E-state index contributed by atoms with van der Waals surface area (Å²) in [6.45, 7) is 2.23. The van der Waals surface area contributed by atoms with Gasteiger partial charge in [-0.15, -0.1) is 0 Å². The van der Waals surface area contributed by atoms with Crippen LogP contribution in [0.15, 0.2) is 12.2 Å². The Balaban J connectivity index is 2.14. The zero-order chi connectivity index (χ0) is 10.2. The minimum absolute atomic E-state index is 0.0637. The number of rotatable bonds is 5. The lowest BCUT2D eigenvalue weighted by atomic mass is 9.86. The fourth-order valence-electron chi connectivity index (χ4n) is 2.15. The van der Waals surface area contributed by atoms with Crippen molar-refractivity contribution in [1.82, 2.24) is 0 Å². The Kier molecular flexibility index (Phi) is 5.93. The highest BCUT2D eigenvalue weighted by atomic mass is 16.3. The summed E-state index contributed by atoms with van der Waals surface area (Å²) < 4.78 is 0. The summed E-state index contributed by atoms with van der Waals surface area (Å²) in [6, 6.07) is 0. The maximum atomic E-state index is 9.72. The summed E-state index contributed by atoms with van der Waals surface area (Å²) in [5.41, 5.74) is 0. The van der Waals surface area contributed by atoms with E-state index in [1.54, 1.807) is 0 Å². The van der Waals surface area contributed by atoms with Crippen LogP contribution in [0.3, 0.4) is 0 Å². The molecule has 1 heteroatoms. The molecule has 1 fully saturated rings. The molecule has 0 aromatic heterocycles. The summed E-state index contributed by atoms with van der Waals surface area (Å²) >= 11 is 0. The molecular formula is C13H24O. The maximum Gasteiger partial charge on any atom is 0.0602 e. The fraction of sp³-hybridized carbons (Fsp3) is 0.846. The summed E-state index contributed by atoms with van der Waals surface area (Å²) in [6.07, 6.45) is 14.3. The van der Waals surface area contributed by atoms with Crippen molar-refractivity contribution in [2.45, 2.75) is 64.4 Å². The number of aliphatic hydroxyl groups excluding tert-OH is 1. The van der Waals surface area contributed by atoms with Gasteiger partial charge in [0.15, 0.2) is 0 Å². The van der Waals surface area contributed by atoms with Crippen molar-refractivity contribution in [2.75, 3.05) is 0 Å². The van der Waals surface area contributed by atoms with Crippen LogP contribution in [0.1, 0.15) is 58.3 Å². The SMILES string of the molecule is CCCCC/C=C\[C@H]1CCCC[C@@H]1O. The molecule has 0 aliphatic heterocycles. The summed E-state index contributed by atoms with van der Waals surface area (Å²) in [4.78, 5) is 0. The topological polar surface area (TPSA) is 20.2 Å². The van der Waals surface area contributed by atoms with E-state index in [0.29, 0.717) is 5.92 Å². The molecule has 0 saturated heterocycles. The van der Waals surface area contributed by atoms with Crippen LogP contribution >= 0.6 is 0 Å². The molecule has 0 amide bonds. The Bertz CT molecular complexity index is 163. The lowest BCUT2D eigenvalue weighted by Crippen LogP contribution is -2.22. The predicted molar refractivity (Wildman–Crippen MR) is 61.2 cm³/mol. The smallest absolute Gasteiger partial charge is 0.0602 e.